The van der Waals surface area contributed by atoms with Crippen molar-refractivity contribution in [3.8, 4) is 5.88 Å². The molecule has 0 bridgehead atoms. The molecule has 0 fully saturated rings. The van der Waals surface area contributed by atoms with Crippen LogP contribution in [-0.2, 0) is 25.9 Å². The smallest absolute Gasteiger partial charge is 0.229 e. The Morgan fingerprint density at radius 2 is 2.00 bits per heavy atom. The summed E-state index contributed by atoms with van der Waals surface area (Å²) in [7, 11) is 1.69. The van der Waals surface area contributed by atoms with E-state index in [1.54, 1.807) is 7.11 Å². The van der Waals surface area contributed by atoms with Gasteiger partial charge in [-0.1, -0.05) is 24.3 Å². The number of rotatable bonds is 2. The average Bonchev–Trinajstić information content (AvgIpc) is 2.60. The van der Waals surface area contributed by atoms with Gasteiger partial charge in [0.05, 0.1) is 12.8 Å². The molecule has 2 aliphatic heterocycles. The van der Waals surface area contributed by atoms with Gasteiger partial charge in [0.25, 0.3) is 0 Å². The summed E-state index contributed by atoms with van der Waals surface area (Å²) in [6.07, 6.45) is 1.97. The fourth-order valence-corrected chi connectivity index (χ4v) is 3.29. The summed E-state index contributed by atoms with van der Waals surface area (Å²) in [6.45, 7) is 3.58. The van der Waals surface area contributed by atoms with Gasteiger partial charge in [0.1, 0.15) is 0 Å². The highest BCUT2D eigenvalue weighted by atomic mass is 16.5. The van der Waals surface area contributed by atoms with Crippen LogP contribution in [0.1, 0.15) is 22.4 Å². The Kier molecular flexibility index (Phi) is 3.42. The minimum absolute atomic E-state index is 0.736. The van der Waals surface area contributed by atoms with Crippen LogP contribution in [0.15, 0.2) is 24.3 Å². The minimum atomic E-state index is 0.736. The summed E-state index contributed by atoms with van der Waals surface area (Å²) in [5.41, 5.74) is 5.03. The summed E-state index contributed by atoms with van der Waals surface area (Å²) in [4.78, 5) is 11.7. The standard InChI is InChI=1S/C17H20N4O/c1-22-16-14-6-8-18-10-15(14)19-17(20-16)21-9-7-12-4-2-3-5-13(12)11-21/h2-5,18H,6-11H2,1H3. The topological polar surface area (TPSA) is 50.3 Å². The van der Waals surface area contributed by atoms with E-state index in [0.29, 0.717) is 0 Å². The molecule has 0 radical (unpaired) electrons. The second kappa shape index (κ2) is 5.57. The zero-order valence-corrected chi connectivity index (χ0v) is 12.8. The van der Waals surface area contributed by atoms with Gasteiger partial charge in [0.2, 0.25) is 11.8 Å². The van der Waals surface area contributed by atoms with E-state index in [1.807, 2.05) is 0 Å². The van der Waals surface area contributed by atoms with Crippen molar-refractivity contribution in [1.29, 1.82) is 0 Å². The number of aromatic nitrogens is 2. The number of nitrogens with zero attached hydrogens (tertiary/aromatic N) is 3. The number of benzene rings is 1. The fraction of sp³-hybridized carbons (Fsp3) is 0.412. The lowest BCUT2D eigenvalue weighted by atomic mass is 10.0. The van der Waals surface area contributed by atoms with Gasteiger partial charge in [-0.3, -0.25) is 0 Å². The van der Waals surface area contributed by atoms with E-state index < -0.39 is 0 Å². The molecule has 5 nitrogen and oxygen atoms in total. The molecular weight excluding hydrogens is 276 g/mol. The summed E-state index contributed by atoms with van der Waals surface area (Å²) < 4.78 is 5.51. The quantitative estimate of drug-likeness (QED) is 0.914. The summed E-state index contributed by atoms with van der Waals surface area (Å²) in [5.74, 6) is 1.52. The number of hydrogen-bond acceptors (Lipinski definition) is 5. The lowest BCUT2D eigenvalue weighted by Gasteiger charge is -2.30. The molecule has 1 aromatic carbocycles. The van der Waals surface area contributed by atoms with Crippen molar-refractivity contribution in [2.45, 2.75) is 25.9 Å². The summed E-state index contributed by atoms with van der Waals surface area (Å²) >= 11 is 0. The largest absolute Gasteiger partial charge is 0.481 e. The molecule has 2 aliphatic rings. The lowest BCUT2D eigenvalue weighted by Crippen LogP contribution is -2.33. The SMILES string of the molecule is COc1nc(N2CCc3ccccc3C2)nc2c1CCNC2. The molecule has 3 heterocycles. The Bertz CT molecular complexity index is 684. The molecule has 1 aromatic heterocycles. The average molecular weight is 296 g/mol. The van der Waals surface area contributed by atoms with Crippen LogP contribution in [0.5, 0.6) is 5.88 Å². The first-order valence-corrected chi connectivity index (χ1v) is 7.81. The van der Waals surface area contributed by atoms with Crippen molar-refractivity contribution >= 4 is 5.95 Å². The van der Waals surface area contributed by atoms with Crippen molar-refractivity contribution < 1.29 is 4.74 Å². The first kappa shape index (κ1) is 13.5. The van der Waals surface area contributed by atoms with Gasteiger partial charge in [-0.25, -0.2) is 4.98 Å². The van der Waals surface area contributed by atoms with Crippen molar-refractivity contribution in [2.75, 3.05) is 25.1 Å². The monoisotopic (exact) mass is 296 g/mol. The Hall–Kier alpha value is -2.14. The molecule has 22 heavy (non-hydrogen) atoms. The molecule has 0 saturated heterocycles. The van der Waals surface area contributed by atoms with Crippen LogP contribution in [0.4, 0.5) is 5.95 Å². The van der Waals surface area contributed by atoms with E-state index in [-0.39, 0.29) is 0 Å². The van der Waals surface area contributed by atoms with Gasteiger partial charge in [-0.2, -0.15) is 4.98 Å². The number of methoxy groups -OCH3 is 1. The Balaban J connectivity index is 1.69. The molecule has 5 heteroatoms. The van der Waals surface area contributed by atoms with Crippen LogP contribution in [0.2, 0.25) is 0 Å². The molecular formula is C17H20N4O. The second-order valence-corrected chi connectivity index (χ2v) is 5.83. The predicted molar refractivity (Wildman–Crippen MR) is 85.2 cm³/mol. The van der Waals surface area contributed by atoms with Crippen molar-refractivity contribution in [3.05, 3.63) is 46.6 Å². The maximum Gasteiger partial charge on any atom is 0.229 e. The van der Waals surface area contributed by atoms with Crippen LogP contribution >= 0.6 is 0 Å². The fourth-order valence-electron chi connectivity index (χ4n) is 3.29. The summed E-state index contributed by atoms with van der Waals surface area (Å²) in [5, 5.41) is 3.37. The van der Waals surface area contributed by atoms with E-state index in [0.717, 1.165) is 62.1 Å². The molecule has 0 unspecified atom stereocenters. The maximum atomic E-state index is 5.51. The van der Waals surface area contributed by atoms with Crippen molar-refractivity contribution in [1.82, 2.24) is 15.3 Å². The molecule has 0 saturated carbocycles. The number of ether oxygens (including phenoxy) is 1. The predicted octanol–water partition coefficient (Wildman–Crippen LogP) is 1.69. The summed E-state index contributed by atoms with van der Waals surface area (Å²) in [6, 6.07) is 8.61. The third-order valence-corrected chi connectivity index (χ3v) is 4.49. The molecule has 0 spiro atoms. The number of anilines is 1. The number of fused-ring (bicyclic) bond motifs is 2. The highest BCUT2D eigenvalue weighted by Gasteiger charge is 2.23. The minimum Gasteiger partial charge on any atom is -0.481 e. The Morgan fingerprint density at radius 1 is 1.14 bits per heavy atom. The molecule has 0 aliphatic carbocycles. The molecule has 0 atom stereocenters. The van der Waals surface area contributed by atoms with Gasteiger partial charge >= 0.3 is 0 Å². The van der Waals surface area contributed by atoms with Gasteiger partial charge in [0, 0.05) is 25.2 Å². The molecule has 1 N–H and O–H groups in total. The Morgan fingerprint density at radius 3 is 2.86 bits per heavy atom. The van der Waals surface area contributed by atoms with Crippen LogP contribution < -0.4 is 15.0 Å². The molecule has 4 rings (SSSR count). The zero-order valence-electron chi connectivity index (χ0n) is 12.8. The normalized spacial score (nSPS) is 16.9. The van der Waals surface area contributed by atoms with Gasteiger partial charge < -0.3 is 15.0 Å². The number of nitrogens with one attached hydrogen (secondary N) is 1. The highest BCUT2D eigenvalue weighted by molar-refractivity contribution is 5.44. The van der Waals surface area contributed by atoms with Gasteiger partial charge in [-0.05, 0) is 30.5 Å². The van der Waals surface area contributed by atoms with E-state index in [9.17, 15) is 0 Å². The number of hydrogen-bond donors (Lipinski definition) is 1. The second-order valence-electron chi connectivity index (χ2n) is 5.83. The highest BCUT2D eigenvalue weighted by Crippen LogP contribution is 2.27. The van der Waals surface area contributed by atoms with Gasteiger partial charge in [-0.15, -0.1) is 0 Å². The third-order valence-electron chi connectivity index (χ3n) is 4.49. The zero-order chi connectivity index (χ0) is 14.9. The van der Waals surface area contributed by atoms with Crippen molar-refractivity contribution in [3.63, 3.8) is 0 Å². The third kappa shape index (κ3) is 2.31. The molecule has 0 amide bonds. The van der Waals surface area contributed by atoms with Crippen LogP contribution in [0.25, 0.3) is 0 Å². The first-order valence-electron chi connectivity index (χ1n) is 7.81. The van der Waals surface area contributed by atoms with Gasteiger partial charge in [0.15, 0.2) is 0 Å². The van der Waals surface area contributed by atoms with E-state index in [2.05, 4.69) is 39.5 Å². The van der Waals surface area contributed by atoms with E-state index in [4.69, 9.17) is 9.72 Å². The lowest BCUT2D eigenvalue weighted by molar-refractivity contribution is 0.386. The van der Waals surface area contributed by atoms with Crippen LogP contribution in [0, 0.1) is 0 Å². The van der Waals surface area contributed by atoms with Crippen LogP contribution in [-0.4, -0.2) is 30.2 Å². The Labute approximate surface area is 130 Å². The molecule has 2 aromatic rings. The van der Waals surface area contributed by atoms with E-state index >= 15 is 0 Å². The van der Waals surface area contributed by atoms with Crippen molar-refractivity contribution in [2.24, 2.45) is 0 Å². The van der Waals surface area contributed by atoms with E-state index in [1.165, 1.54) is 11.1 Å². The first-order chi connectivity index (χ1) is 10.8. The van der Waals surface area contributed by atoms with Crippen LogP contribution in [0.3, 0.4) is 0 Å². The maximum absolute atomic E-state index is 5.51. The molecule has 114 valence electrons.